The van der Waals surface area contributed by atoms with Crippen LogP contribution in [0.2, 0.25) is 0 Å². The van der Waals surface area contributed by atoms with E-state index in [9.17, 15) is 13.2 Å². The van der Waals surface area contributed by atoms with Gasteiger partial charge in [-0.1, -0.05) is 182 Å². The van der Waals surface area contributed by atoms with Gasteiger partial charge in [0.05, 0.1) is 0 Å². The van der Waals surface area contributed by atoms with Crippen LogP contribution in [0.4, 0.5) is 22.0 Å². The quantitative estimate of drug-likeness (QED) is 0.0415. The van der Waals surface area contributed by atoms with Crippen LogP contribution in [0.25, 0.3) is 0 Å². The molecule has 0 aromatic heterocycles. The van der Waals surface area contributed by atoms with Crippen molar-refractivity contribution in [3.63, 3.8) is 0 Å². The van der Waals surface area contributed by atoms with Crippen molar-refractivity contribution >= 4 is 7.32 Å². The van der Waals surface area contributed by atoms with E-state index < -0.39 is 53.4 Å². The standard InChI is InChI=1S/C44H30BF5O3/c46-37-38(47)40(49)42(41(50)39(37)48)51-45(52-43(31-19-7-1-8-20-31,32-21-9-2-10-22-32)33-23-11-3-12-24-33)53-44(34-25-13-4-14-26-34,35-27-15-5-16-28-35)36-29-17-6-18-30-36/h1-30H. The molecule has 0 heterocycles. The maximum atomic E-state index is 15.6. The molecule has 7 aromatic rings. The number of halogens is 5. The lowest BCUT2D eigenvalue weighted by Gasteiger charge is -2.41. The molecule has 3 nitrogen and oxygen atoms in total. The van der Waals surface area contributed by atoms with Gasteiger partial charge in [-0.05, 0) is 33.4 Å². The van der Waals surface area contributed by atoms with Gasteiger partial charge in [-0.3, -0.25) is 0 Å². The molecule has 0 atom stereocenters. The van der Waals surface area contributed by atoms with Gasteiger partial charge in [0, 0.05) is 0 Å². The Kier molecular flexibility index (Phi) is 10.2. The Balaban J connectivity index is 1.54. The van der Waals surface area contributed by atoms with E-state index in [-0.39, 0.29) is 0 Å². The minimum atomic E-state index is -2.33. The third-order valence-electron chi connectivity index (χ3n) is 9.01. The Hall–Kier alpha value is -6.03. The Morgan fingerprint density at radius 1 is 0.302 bits per heavy atom. The summed E-state index contributed by atoms with van der Waals surface area (Å²) in [4.78, 5) is 0. The predicted molar refractivity (Wildman–Crippen MR) is 193 cm³/mol. The van der Waals surface area contributed by atoms with E-state index in [2.05, 4.69) is 0 Å². The first kappa shape index (κ1) is 35.4. The maximum absolute atomic E-state index is 15.6. The van der Waals surface area contributed by atoms with Crippen LogP contribution in [0, 0.1) is 29.1 Å². The highest BCUT2D eigenvalue weighted by atomic mass is 19.2. The van der Waals surface area contributed by atoms with Crippen molar-refractivity contribution in [2.75, 3.05) is 0 Å². The van der Waals surface area contributed by atoms with Crippen molar-refractivity contribution < 1.29 is 35.9 Å². The molecule has 0 fully saturated rings. The zero-order valence-corrected chi connectivity index (χ0v) is 28.0. The van der Waals surface area contributed by atoms with Gasteiger partial charge in [0.1, 0.15) is 11.2 Å². The summed E-state index contributed by atoms with van der Waals surface area (Å²) in [6.07, 6.45) is 0. The van der Waals surface area contributed by atoms with Crippen molar-refractivity contribution in [1.82, 2.24) is 0 Å². The van der Waals surface area contributed by atoms with Gasteiger partial charge in [0.2, 0.25) is 29.1 Å². The summed E-state index contributed by atoms with van der Waals surface area (Å²) in [6, 6.07) is 54.0. The van der Waals surface area contributed by atoms with Gasteiger partial charge < -0.3 is 14.0 Å². The number of hydrogen-bond donors (Lipinski definition) is 0. The molecule has 262 valence electrons. The molecule has 0 bridgehead atoms. The number of rotatable bonds is 12. The Morgan fingerprint density at radius 3 is 0.736 bits per heavy atom. The molecule has 0 aliphatic rings. The molecule has 9 heteroatoms. The molecule has 0 aliphatic carbocycles. The summed E-state index contributed by atoms with van der Waals surface area (Å²) in [7, 11) is -2.18. The molecule has 0 unspecified atom stereocenters. The summed E-state index contributed by atoms with van der Waals surface area (Å²) in [5.74, 6) is -12.6. The largest absolute Gasteiger partial charge is 0.715 e. The highest BCUT2D eigenvalue weighted by Crippen LogP contribution is 2.46. The van der Waals surface area contributed by atoms with Gasteiger partial charge in [0.15, 0.2) is 5.75 Å². The van der Waals surface area contributed by atoms with E-state index in [4.69, 9.17) is 14.0 Å². The lowest BCUT2D eigenvalue weighted by molar-refractivity contribution is 0.0162. The first-order valence-corrected chi connectivity index (χ1v) is 16.7. The fraction of sp³-hybridized carbons (Fsp3) is 0.0455. The highest BCUT2D eigenvalue weighted by Gasteiger charge is 2.50. The second kappa shape index (κ2) is 15.3. The molecule has 7 aromatic carbocycles. The molecule has 0 aliphatic heterocycles. The summed E-state index contributed by atoms with van der Waals surface area (Å²) < 4.78 is 95.1. The van der Waals surface area contributed by atoms with Crippen LogP contribution in [0.3, 0.4) is 0 Å². The van der Waals surface area contributed by atoms with Crippen LogP contribution in [0.15, 0.2) is 182 Å². The van der Waals surface area contributed by atoms with Crippen LogP contribution >= 0.6 is 0 Å². The summed E-state index contributed by atoms with van der Waals surface area (Å²) in [5, 5.41) is 0. The minimum absolute atomic E-state index is 0.553. The first-order chi connectivity index (χ1) is 25.9. The minimum Gasteiger partial charge on any atom is -0.507 e. The molecule has 0 radical (unpaired) electrons. The molecule has 53 heavy (non-hydrogen) atoms. The predicted octanol–water partition coefficient (Wildman–Crippen LogP) is 10.8. The average Bonchev–Trinajstić information content (AvgIpc) is 3.23. The van der Waals surface area contributed by atoms with Gasteiger partial charge >= 0.3 is 7.32 Å². The van der Waals surface area contributed by atoms with E-state index in [1.807, 2.05) is 36.4 Å². The summed E-state index contributed by atoms with van der Waals surface area (Å²) in [6.45, 7) is 0. The Labute approximate surface area is 304 Å². The first-order valence-electron chi connectivity index (χ1n) is 16.7. The molecular formula is C44H30BF5O3. The van der Waals surface area contributed by atoms with Gasteiger partial charge in [0.25, 0.3) is 0 Å². The van der Waals surface area contributed by atoms with Gasteiger partial charge in [-0.15, -0.1) is 0 Å². The van der Waals surface area contributed by atoms with E-state index in [0.29, 0.717) is 33.4 Å². The molecule has 7 rings (SSSR count). The fourth-order valence-electron chi connectivity index (χ4n) is 6.59. The zero-order valence-electron chi connectivity index (χ0n) is 28.0. The molecular weight excluding hydrogens is 682 g/mol. The Bertz CT molecular complexity index is 1910. The van der Waals surface area contributed by atoms with Crippen LogP contribution in [0.5, 0.6) is 5.75 Å². The molecule has 0 N–H and O–H groups in total. The number of hydrogen-bond acceptors (Lipinski definition) is 3. The SMILES string of the molecule is Fc1c(F)c(F)c(OB(OC(c2ccccc2)(c2ccccc2)c2ccccc2)OC(c2ccccc2)(c2ccccc2)c2ccccc2)c(F)c1F. The second-order valence-corrected chi connectivity index (χ2v) is 12.1. The summed E-state index contributed by atoms with van der Waals surface area (Å²) in [5.41, 5.74) is 0.0262. The molecule has 0 amide bonds. The third-order valence-corrected chi connectivity index (χ3v) is 9.01. The van der Waals surface area contributed by atoms with Crippen molar-refractivity contribution in [1.29, 1.82) is 0 Å². The fourth-order valence-corrected chi connectivity index (χ4v) is 6.59. The maximum Gasteiger partial charge on any atom is 0.715 e. The topological polar surface area (TPSA) is 27.7 Å². The monoisotopic (exact) mass is 712 g/mol. The lowest BCUT2D eigenvalue weighted by atomic mass is 9.77. The average molecular weight is 713 g/mol. The molecule has 0 saturated heterocycles. The van der Waals surface area contributed by atoms with Gasteiger partial charge in [-0.25, -0.2) is 13.2 Å². The van der Waals surface area contributed by atoms with Crippen molar-refractivity contribution in [2.45, 2.75) is 11.2 Å². The highest BCUT2D eigenvalue weighted by molar-refractivity contribution is 6.38. The lowest BCUT2D eigenvalue weighted by Crippen LogP contribution is -2.49. The van der Waals surface area contributed by atoms with Crippen LogP contribution < -0.4 is 4.65 Å². The van der Waals surface area contributed by atoms with Gasteiger partial charge in [-0.2, -0.15) is 8.78 Å². The zero-order chi connectivity index (χ0) is 36.8. The molecule has 0 saturated carbocycles. The second-order valence-electron chi connectivity index (χ2n) is 12.1. The Morgan fingerprint density at radius 2 is 0.509 bits per heavy atom. The van der Waals surface area contributed by atoms with Crippen LogP contribution in [-0.4, -0.2) is 7.32 Å². The van der Waals surface area contributed by atoms with Crippen molar-refractivity contribution in [3.8, 4) is 5.75 Å². The van der Waals surface area contributed by atoms with Crippen LogP contribution in [0.1, 0.15) is 33.4 Å². The molecule has 0 spiro atoms. The van der Waals surface area contributed by atoms with E-state index >= 15 is 8.78 Å². The third kappa shape index (κ3) is 6.61. The number of benzene rings is 7. The van der Waals surface area contributed by atoms with Crippen LogP contribution in [-0.2, 0) is 20.5 Å². The van der Waals surface area contributed by atoms with Crippen molar-refractivity contribution in [2.24, 2.45) is 0 Å². The van der Waals surface area contributed by atoms with E-state index in [0.717, 1.165) is 0 Å². The van der Waals surface area contributed by atoms with E-state index in [1.54, 1.807) is 146 Å². The smallest absolute Gasteiger partial charge is 0.507 e. The summed E-state index contributed by atoms with van der Waals surface area (Å²) >= 11 is 0. The van der Waals surface area contributed by atoms with E-state index in [1.165, 1.54) is 0 Å². The normalized spacial score (nSPS) is 11.6. The van der Waals surface area contributed by atoms with Crippen molar-refractivity contribution in [3.05, 3.63) is 244 Å².